The van der Waals surface area contributed by atoms with Gasteiger partial charge < -0.3 is 4.74 Å². The molecule has 4 heteroatoms. The second kappa shape index (κ2) is 6.53. The summed E-state index contributed by atoms with van der Waals surface area (Å²) < 4.78 is 17.1. The molecule has 1 saturated carbocycles. The number of hydrogen-bond acceptors (Lipinski definition) is 3. The first-order valence-electron chi connectivity index (χ1n) is 6.44. The van der Waals surface area contributed by atoms with Crippen LogP contribution < -0.4 is 0 Å². The first kappa shape index (κ1) is 14.7. The van der Waals surface area contributed by atoms with Crippen LogP contribution in [0, 0.1) is 11.8 Å². The normalized spacial score (nSPS) is 30.4. The third-order valence-electron chi connectivity index (χ3n) is 3.86. The van der Waals surface area contributed by atoms with Crippen LogP contribution in [-0.4, -0.2) is 27.8 Å². The lowest BCUT2D eigenvalue weighted by Gasteiger charge is -2.29. The van der Waals surface area contributed by atoms with Crippen LogP contribution in [0.15, 0.2) is 0 Å². The molecule has 0 N–H and O–H groups in total. The zero-order chi connectivity index (χ0) is 13.0. The Kier molecular flexibility index (Phi) is 5.63. The van der Waals surface area contributed by atoms with Crippen LogP contribution in [0.1, 0.15) is 46.5 Å². The second-order valence-electron chi connectivity index (χ2n) is 5.24. The van der Waals surface area contributed by atoms with Crippen LogP contribution >= 0.6 is 0 Å². The summed E-state index contributed by atoms with van der Waals surface area (Å²) in [5.74, 6) is 0.131. The van der Waals surface area contributed by atoms with E-state index in [0.717, 1.165) is 19.3 Å². The predicted octanol–water partition coefficient (Wildman–Crippen LogP) is 2.51. The number of methoxy groups -OCH3 is 1. The van der Waals surface area contributed by atoms with Crippen molar-refractivity contribution in [3.05, 3.63) is 0 Å². The van der Waals surface area contributed by atoms with E-state index in [9.17, 15) is 9.00 Å². The zero-order valence-electron chi connectivity index (χ0n) is 11.3. The molecule has 1 fully saturated rings. The van der Waals surface area contributed by atoms with Crippen molar-refractivity contribution in [3.63, 3.8) is 0 Å². The topological polar surface area (TPSA) is 43.4 Å². The third-order valence-corrected chi connectivity index (χ3v) is 6.09. The van der Waals surface area contributed by atoms with Gasteiger partial charge in [-0.3, -0.25) is 9.00 Å². The van der Waals surface area contributed by atoms with Crippen molar-refractivity contribution >= 4 is 16.8 Å². The average Bonchev–Trinajstić information content (AvgIpc) is 2.35. The van der Waals surface area contributed by atoms with Gasteiger partial charge in [-0.2, -0.15) is 0 Å². The van der Waals surface area contributed by atoms with E-state index in [1.807, 2.05) is 6.92 Å². The minimum Gasteiger partial charge on any atom is -0.469 e. The van der Waals surface area contributed by atoms with Crippen LogP contribution in [0.4, 0.5) is 0 Å². The van der Waals surface area contributed by atoms with Crippen molar-refractivity contribution in [3.8, 4) is 0 Å². The van der Waals surface area contributed by atoms with Gasteiger partial charge in [0.15, 0.2) is 0 Å². The maximum absolute atomic E-state index is 12.4. The summed E-state index contributed by atoms with van der Waals surface area (Å²) >= 11 is 0. The molecule has 0 radical (unpaired) electrons. The molecule has 1 aliphatic carbocycles. The van der Waals surface area contributed by atoms with E-state index in [1.165, 1.54) is 13.5 Å². The molecule has 5 atom stereocenters. The highest BCUT2D eigenvalue weighted by Gasteiger charge is 2.32. The zero-order valence-corrected chi connectivity index (χ0v) is 12.1. The summed E-state index contributed by atoms with van der Waals surface area (Å²) in [7, 11) is 0.461. The van der Waals surface area contributed by atoms with Crippen LogP contribution in [0.25, 0.3) is 0 Å². The molecule has 0 aromatic heterocycles. The fraction of sp³-hybridized carbons (Fsp3) is 0.923. The van der Waals surface area contributed by atoms with Crippen molar-refractivity contribution in [1.82, 2.24) is 0 Å². The average molecular weight is 260 g/mol. The summed E-state index contributed by atoms with van der Waals surface area (Å²) in [5.41, 5.74) is 0. The summed E-state index contributed by atoms with van der Waals surface area (Å²) in [6.45, 7) is 5.93. The van der Waals surface area contributed by atoms with Crippen LogP contribution in [0.5, 0.6) is 0 Å². The van der Waals surface area contributed by atoms with Gasteiger partial charge in [-0.15, -0.1) is 0 Å². The standard InChI is InChI=1S/C13H24O3S/c1-9-6-5-7-12(8-9)17(15)11(3)10(2)13(14)16-4/h9-12H,5-8H2,1-4H3. The van der Waals surface area contributed by atoms with Gasteiger partial charge >= 0.3 is 5.97 Å². The molecular weight excluding hydrogens is 236 g/mol. The molecule has 5 unspecified atom stereocenters. The van der Waals surface area contributed by atoms with Gasteiger partial charge in [-0.25, -0.2) is 0 Å². The maximum Gasteiger partial charge on any atom is 0.309 e. The maximum atomic E-state index is 12.4. The van der Waals surface area contributed by atoms with Crippen LogP contribution in [0.3, 0.4) is 0 Å². The van der Waals surface area contributed by atoms with E-state index < -0.39 is 10.8 Å². The van der Waals surface area contributed by atoms with Gasteiger partial charge in [0.1, 0.15) is 0 Å². The number of esters is 1. The molecule has 0 saturated heterocycles. The van der Waals surface area contributed by atoms with Gasteiger partial charge in [-0.1, -0.05) is 26.7 Å². The summed E-state index contributed by atoms with van der Waals surface area (Å²) in [6.07, 6.45) is 4.48. The van der Waals surface area contributed by atoms with Gasteiger partial charge in [0, 0.05) is 21.3 Å². The lowest BCUT2D eigenvalue weighted by atomic mass is 9.90. The molecule has 1 aliphatic rings. The minimum atomic E-state index is -0.925. The highest BCUT2D eigenvalue weighted by molar-refractivity contribution is 7.86. The Hall–Kier alpha value is -0.380. The Morgan fingerprint density at radius 1 is 1.35 bits per heavy atom. The molecule has 0 spiro atoms. The van der Waals surface area contributed by atoms with Crippen LogP contribution in [-0.2, 0) is 20.3 Å². The highest BCUT2D eigenvalue weighted by Crippen LogP contribution is 2.29. The Bertz CT molecular complexity index is 290. The van der Waals surface area contributed by atoms with E-state index in [1.54, 1.807) is 6.92 Å². The lowest BCUT2D eigenvalue weighted by Crippen LogP contribution is -2.35. The summed E-state index contributed by atoms with van der Waals surface area (Å²) in [4.78, 5) is 11.4. The van der Waals surface area contributed by atoms with Crippen molar-refractivity contribution in [2.24, 2.45) is 11.8 Å². The van der Waals surface area contributed by atoms with Crippen molar-refractivity contribution < 1.29 is 13.7 Å². The Morgan fingerprint density at radius 2 is 2.00 bits per heavy atom. The van der Waals surface area contributed by atoms with Crippen molar-refractivity contribution in [2.45, 2.75) is 57.0 Å². The largest absolute Gasteiger partial charge is 0.469 e. The van der Waals surface area contributed by atoms with E-state index in [2.05, 4.69) is 6.92 Å². The molecule has 0 aliphatic heterocycles. The van der Waals surface area contributed by atoms with Crippen molar-refractivity contribution in [1.29, 1.82) is 0 Å². The highest BCUT2D eigenvalue weighted by atomic mass is 32.2. The molecule has 0 bridgehead atoms. The number of carbonyl (C=O) groups is 1. The molecule has 1 rings (SSSR count). The van der Waals surface area contributed by atoms with Gasteiger partial charge in [0.2, 0.25) is 0 Å². The van der Waals surface area contributed by atoms with E-state index >= 15 is 0 Å². The van der Waals surface area contributed by atoms with E-state index in [-0.39, 0.29) is 22.4 Å². The predicted molar refractivity (Wildman–Crippen MR) is 70.2 cm³/mol. The van der Waals surface area contributed by atoms with Crippen molar-refractivity contribution in [2.75, 3.05) is 7.11 Å². The smallest absolute Gasteiger partial charge is 0.309 e. The molecule has 0 aromatic rings. The molecular formula is C13H24O3S. The molecule has 100 valence electrons. The fourth-order valence-electron chi connectivity index (χ4n) is 2.47. The fourth-order valence-corrected chi connectivity index (χ4v) is 4.51. The lowest BCUT2D eigenvalue weighted by molar-refractivity contribution is -0.144. The first-order valence-corrected chi connectivity index (χ1v) is 7.72. The molecule has 3 nitrogen and oxygen atoms in total. The Labute approximate surface area is 107 Å². The Morgan fingerprint density at radius 3 is 2.53 bits per heavy atom. The molecule has 0 aromatic carbocycles. The van der Waals surface area contributed by atoms with Gasteiger partial charge in [0.25, 0.3) is 0 Å². The molecule has 0 heterocycles. The van der Waals surface area contributed by atoms with Crippen LogP contribution in [0.2, 0.25) is 0 Å². The SMILES string of the molecule is COC(=O)C(C)C(C)S(=O)C1CCCC(C)C1. The third kappa shape index (κ3) is 3.80. The van der Waals surface area contributed by atoms with E-state index in [4.69, 9.17) is 4.74 Å². The number of carbonyl (C=O) groups excluding carboxylic acids is 1. The molecule has 0 amide bonds. The molecule has 17 heavy (non-hydrogen) atoms. The monoisotopic (exact) mass is 260 g/mol. The summed E-state index contributed by atoms with van der Waals surface area (Å²) in [5, 5.41) is 0.151. The first-order chi connectivity index (χ1) is 7.97. The number of rotatable bonds is 4. The number of ether oxygens (including phenoxy) is 1. The van der Waals surface area contributed by atoms with Gasteiger partial charge in [-0.05, 0) is 25.7 Å². The Balaban J connectivity index is 2.59. The summed E-state index contributed by atoms with van der Waals surface area (Å²) in [6, 6.07) is 0. The minimum absolute atomic E-state index is 0.113. The van der Waals surface area contributed by atoms with E-state index in [0.29, 0.717) is 5.92 Å². The second-order valence-corrected chi connectivity index (χ2v) is 7.31. The quantitative estimate of drug-likeness (QED) is 0.729. The number of hydrogen-bond donors (Lipinski definition) is 0. The van der Waals surface area contributed by atoms with Gasteiger partial charge in [0.05, 0.1) is 13.0 Å².